The molecule has 3 heterocycles. The Bertz CT molecular complexity index is 961. The van der Waals surface area contributed by atoms with Crippen molar-refractivity contribution < 1.29 is 9.47 Å². The molecule has 1 N–H and O–H groups in total. The largest absolute Gasteiger partial charge is 0.486 e. The van der Waals surface area contributed by atoms with Crippen LogP contribution in [-0.2, 0) is 6.54 Å². The Morgan fingerprint density at radius 2 is 2.04 bits per heavy atom. The van der Waals surface area contributed by atoms with Crippen LogP contribution < -0.4 is 14.8 Å². The van der Waals surface area contributed by atoms with Gasteiger partial charge in [0.1, 0.15) is 6.61 Å². The van der Waals surface area contributed by atoms with E-state index in [0.29, 0.717) is 12.5 Å². The number of ether oxygens (including phenoxy) is 2. The van der Waals surface area contributed by atoms with E-state index >= 15 is 0 Å². The fraction of sp³-hybridized carbons (Fsp3) is 0.409. The molecule has 0 saturated carbocycles. The van der Waals surface area contributed by atoms with Crippen LogP contribution in [0.15, 0.2) is 35.7 Å². The average molecular weight is 398 g/mol. The number of para-hydroxylation sites is 2. The molecule has 1 aliphatic heterocycles. The minimum atomic E-state index is -0.00810. The lowest BCUT2D eigenvalue weighted by Gasteiger charge is -2.27. The van der Waals surface area contributed by atoms with Gasteiger partial charge in [0.15, 0.2) is 22.7 Å². The topological polar surface area (TPSA) is 48.3 Å². The number of hydrogen-bond acceptors (Lipinski definition) is 5. The van der Waals surface area contributed by atoms with Crippen molar-refractivity contribution in [1.29, 1.82) is 0 Å². The summed E-state index contributed by atoms with van der Waals surface area (Å²) >= 11 is 1.66. The molecule has 0 amide bonds. The van der Waals surface area contributed by atoms with Crippen LogP contribution in [0.4, 0.5) is 5.13 Å². The minimum Gasteiger partial charge on any atom is -0.486 e. The molecule has 0 unspecified atom stereocenters. The van der Waals surface area contributed by atoms with Crippen molar-refractivity contribution in [3.63, 3.8) is 0 Å². The van der Waals surface area contributed by atoms with Crippen molar-refractivity contribution in [2.45, 2.75) is 40.3 Å². The molecule has 5 nitrogen and oxygen atoms in total. The first kappa shape index (κ1) is 18.9. The monoisotopic (exact) mass is 397 g/mol. The maximum absolute atomic E-state index is 6.15. The van der Waals surface area contributed by atoms with Crippen LogP contribution in [0.3, 0.4) is 0 Å². The van der Waals surface area contributed by atoms with Gasteiger partial charge in [-0.25, -0.2) is 4.98 Å². The molecule has 6 heteroatoms. The third kappa shape index (κ3) is 3.87. The van der Waals surface area contributed by atoms with Gasteiger partial charge in [0.05, 0.1) is 12.2 Å². The molecule has 28 heavy (non-hydrogen) atoms. The van der Waals surface area contributed by atoms with Gasteiger partial charge in [0.2, 0.25) is 0 Å². The molecule has 3 aromatic rings. The molecular formula is C22H27N3O2S. The molecular weight excluding hydrogens is 370 g/mol. The number of rotatable bonds is 6. The second-order valence-corrected chi connectivity index (χ2v) is 8.56. The van der Waals surface area contributed by atoms with Gasteiger partial charge in [0, 0.05) is 28.9 Å². The normalized spacial score (nSPS) is 15.8. The van der Waals surface area contributed by atoms with Crippen molar-refractivity contribution >= 4 is 16.5 Å². The Hall–Kier alpha value is -2.47. The highest BCUT2D eigenvalue weighted by atomic mass is 32.1. The van der Waals surface area contributed by atoms with Gasteiger partial charge in [-0.15, -0.1) is 11.3 Å². The smallest absolute Gasteiger partial charge is 0.183 e. The predicted molar refractivity (Wildman–Crippen MR) is 115 cm³/mol. The first-order valence-corrected chi connectivity index (χ1v) is 10.6. The fourth-order valence-corrected chi connectivity index (χ4v) is 4.19. The number of aromatic nitrogens is 2. The van der Waals surface area contributed by atoms with E-state index in [4.69, 9.17) is 14.5 Å². The van der Waals surface area contributed by atoms with Crippen molar-refractivity contribution in [2.24, 2.45) is 5.92 Å². The third-order valence-electron chi connectivity index (χ3n) is 4.97. The molecule has 0 radical (unpaired) electrons. The van der Waals surface area contributed by atoms with Gasteiger partial charge in [-0.1, -0.05) is 26.0 Å². The number of benzene rings is 1. The minimum absolute atomic E-state index is 0.00810. The van der Waals surface area contributed by atoms with Crippen LogP contribution in [0.5, 0.6) is 11.5 Å². The summed E-state index contributed by atoms with van der Waals surface area (Å²) in [7, 11) is 0. The predicted octanol–water partition coefficient (Wildman–Crippen LogP) is 5.14. The van der Waals surface area contributed by atoms with Gasteiger partial charge >= 0.3 is 0 Å². The summed E-state index contributed by atoms with van der Waals surface area (Å²) in [5, 5.41) is 6.53. The number of fused-ring (bicyclic) bond motifs is 1. The third-order valence-corrected chi connectivity index (χ3v) is 5.77. The molecule has 1 atom stereocenters. The lowest BCUT2D eigenvalue weighted by Crippen LogP contribution is -2.33. The van der Waals surface area contributed by atoms with Gasteiger partial charge < -0.3 is 19.4 Å². The maximum Gasteiger partial charge on any atom is 0.183 e. The van der Waals surface area contributed by atoms with Crippen molar-refractivity contribution in [2.75, 3.05) is 18.5 Å². The van der Waals surface area contributed by atoms with Crippen LogP contribution in [-0.4, -0.2) is 28.8 Å². The second kappa shape index (κ2) is 7.87. The van der Waals surface area contributed by atoms with E-state index in [0.717, 1.165) is 35.4 Å². The number of hydrogen-bond donors (Lipinski definition) is 1. The SMILES string of the molecule is Cc1cc(-c2csc(NCC(C)C)n2)c(C)n1C[C@@H]1COc2ccccc2O1. The van der Waals surface area contributed by atoms with Gasteiger partial charge in [-0.3, -0.25) is 0 Å². The first-order chi connectivity index (χ1) is 13.5. The van der Waals surface area contributed by atoms with Crippen LogP contribution in [0.2, 0.25) is 0 Å². The van der Waals surface area contributed by atoms with E-state index < -0.39 is 0 Å². The van der Waals surface area contributed by atoms with Crippen LogP contribution in [0.1, 0.15) is 25.2 Å². The molecule has 0 aliphatic carbocycles. The zero-order valence-electron chi connectivity index (χ0n) is 16.9. The van der Waals surface area contributed by atoms with E-state index in [1.807, 2.05) is 24.3 Å². The first-order valence-electron chi connectivity index (χ1n) is 9.76. The summed E-state index contributed by atoms with van der Waals surface area (Å²) < 4.78 is 14.3. The Labute approximate surface area is 170 Å². The Balaban J connectivity index is 1.50. The summed E-state index contributed by atoms with van der Waals surface area (Å²) in [4.78, 5) is 4.78. The van der Waals surface area contributed by atoms with E-state index in [2.05, 4.69) is 49.0 Å². The molecule has 4 rings (SSSR count). The molecule has 0 saturated heterocycles. The Morgan fingerprint density at radius 3 is 2.82 bits per heavy atom. The van der Waals surface area contributed by atoms with Crippen molar-refractivity contribution in [3.05, 3.63) is 47.1 Å². The fourth-order valence-electron chi connectivity index (χ4n) is 3.47. The summed E-state index contributed by atoms with van der Waals surface area (Å²) in [5.41, 5.74) is 4.63. The van der Waals surface area contributed by atoms with Crippen LogP contribution in [0, 0.1) is 19.8 Å². The zero-order chi connectivity index (χ0) is 19.7. The van der Waals surface area contributed by atoms with Crippen LogP contribution in [0.25, 0.3) is 11.3 Å². The standard InChI is InChI=1S/C22H27N3O2S/c1-14(2)10-23-22-24-19(13-28-22)18-9-15(3)25(16(18)4)11-17-12-26-20-7-5-6-8-21(20)27-17/h5-9,13-14,17H,10-12H2,1-4H3,(H,23,24)/t17-/m1/s1. The summed E-state index contributed by atoms with van der Waals surface area (Å²) in [6, 6.07) is 10.1. The van der Waals surface area contributed by atoms with Crippen molar-refractivity contribution in [1.82, 2.24) is 9.55 Å². The van der Waals surface area contributed by atoms with E-state index in [1.165, 1.54) is 17.0 Å². The van der Waals surface area contributed by atoms with E-state index in [9.17, 15) is 0 Å². The van der Waals surface area contributed by atoms with Gasteiger partial charge in [-0.05, 0) is 38.0 Å². The number of thiazole rings is 1. The average Bonchev–Trinajstić information content (AvgIpc) is 3.26. The number of aryl methyl sites for hydroxylation is 1. The highest BCUT2D eigenvalue weighted by Gasteiger charge is 2.23. The summed E-state index contributed by atoms with van der Waals surface area (Å²) in [5.74, 6) is 2.24. The van der Waals surface area contributed by atoms with Gasteiger partial charge in [-0.2, -0.15) is 0 Å². The molecule has 1 aromatic carbocycles. The number of nitrogens with zero attached hydrogens (tertiary/aromatic N) is 2. The van der Waals surface area contributed by atoms with E-state index in [1.54, 1.807) is 11.3 Å². The Kier molecular flexibility index (Phi) is 5.31. The highest BCUT2D eigenvalue weighted by molar-refractivity contribution is 7.14. The molecule has 1 aliphatic rings. The second-order valence-electron chi connectivity index (χ2n) is 7.71. The molecule has 2 aromatic heterocycles. The van der Waals surface area contributed by atoms with Gasteiger partial charge in [0.25, 0.3) is 0 Å². The molecule has 0 bridgehead atoms. The maximum atomic E-state index is 6.15. The highest BCUT2D eigenvalue weighted by Crippen LogP contribution is 2.33. The quantitative estimate of drug-likeness (QED) is 0.626. The van der Waals surface area contributed by atoms with Crippen LogP contribution >= 0.6 is 11.3 Å². The summed E-state index contributed by atoms with van der Waals surface area (Å²) in [6.07, 6.45) is -0.00810. The zero-order valence-corrected chi connectivity index (χ0v) is 17.7. The molecule has 0 spiro atoms. The molecule has 148 valence electrons. The van der Waals surface area contributed by atoms with Crippen molar-refractivity contribution in [3.8, 4) is 22.8 Å². The summed E-state index contributed by atoms with van der Waals surface area (Å²) in [6.45, 7) is 10.9. The lowest BCUT2D eigenvalue weighted by atomic mass is 10.2. The lowest BCUT2D eigenvalue weighted by molar-refractivity contribution is 0.0778. The number of anilines is 1. The Morgan fingerprint density at radius 1 is 1.25 bits per heavy atom. The van der Waals surface area contributed by atoms with E-state index in [-0.39, 0.29) is 6.10 Å². The molecule has 0 fully saturated rings. The number of nitrogens with one attached hydrogen (secondary N) is 1.